The van der Waals surface area contributed by atoms with Gasteiger partial charge in [0.2, 0.25) is 0 Å². The molecule has 0 spiro atoms. The van der Waals surface area contributed by atoms with Crippen LogP contribution in [-0.2, 0) is 11.2 Å². The van der Waals surface area contributed by atoms with Gasteiger partial charge in [0, 0.05) is 32.7 Å². The normalized spacial score (nSPS) is 15.4. The summed E-state index contributed by atoms with van der Waals surface area (Å²) < 4.78 is 5.62. The first-order valence-corrected chi connectivity index (χ1v) is 9.10. The minimum atomic E-state index is -0.468. The molecule has 0 aromatic heterocycles. The average molecular weight is 461 g/mol. The second-order valence-corrected chi connectivity index (χ2v) is 6.36. The van der Waals surface area contributed by atoms with Crippen molar-refractivity contribution in [2.45, 2.75) is 38.7 Å². The molecular formula is C19H32IN3O2. The van der Waals surface area contributed by atoms with E-state index in [0.29, 0.717) is 13.0 Å². The van der Waals surface area contributed by atoms with Gasteiger partial charge in [0.25, 0.3) is 0 Å². The predicted octanol–water partition coefficient (Wildman–Crippen LogP) is 2.58. The fraction of sp³-hybridized carbons (Fsp3) is 0.632. The number of aliphatic imine (C=N–C) groups is 1. The Kier molecular flexibility index (Phi) is 11.9. The van der Waals surface area contributed by atoms with Crippen LogP contribution >= 0.6 is 24.0 Å². The molecule has 3 N–H and O–H groups in total. The quantitative estimate of drug-likeness (QED) is 0.205. The molecule has 6 heteroatoms. The van der Waals surface area contributed by atoms with Crippen LogP contribution in [0.4, 0.5) is 0 Å². The molecule has 1 aromatic rings. The summed E-state index contributed by atoms with van der Waals surface area (Å²) in [6.45, 7) is 5.77. The summed E-state index contributed by atoms with van der Waals surface area (Å²) in [6.07, 6.45) is 3.79. The van der Waals surface area contributed by atoms with E-state index < -0.39 is 6.10 Å². The molecule has 1 fully saturated rings. The maximum atomic E-state index is 10.1. The second kappa shape index (κ2) is 13.4. The van der Waals surface area contributed by atoms with Gasteiger partial charge in [-0.25, -0.2) is 0 Å². The lowest BCUT2D eigenvalue weighted by atomic mass is 10.1. The van der Waals surface area contributed by atoms with Gasteiger partial charge in [-0.1, -0.05) is 30.3 Å². The topological polar surface area (TPSA) is 65.9 Å². The lowest BCUT2D eigenvalue weighted by molar-refractivity contribution is 0.123. The second-order valence-electron chi connectivity index (χ2n) is 6.36. The van der Waals surface area contributed by atoms with Gasteiger partial charge >= 0.3 is 0 Å². The van der Waals surface area contributed by atoms with E-state index in [1.807, 2.05) is 37.3 Å². The Bertz CT molecular complexity index is 481. The molecule has 0 heterocycles. The number of hydrogen-bond donors (Lipinski definition) is 3. The van der Waals surface area contributed by atoms with Crippen molar-refractivity contribution in [2.75, 3.05) is 32.8 Å². The molecule has 1 saturated carbocycles. The first-order chi connectivity index (χ1) is 11.8. The van der Waals surface area contributed by atoms with Crippen molar-refractivity contribution in [2.24, 2.45) is 10.9 Å². The summed E-state index contributed by atoms with van der Waals surface area (Å²) in [7, 11) is 0. The summed E-state index contributed by atoms with van der Waals surface area (Å²) in [5.41, 5.74) is 1.13. The van der Waals surface area contributed by atoms with Crippen molar-refractivity contribution in [1.29, 1.82) is 0 Å². The number of aliphatic hydroxyl groups excluding tert-OH is 1. The zero-order chi connectivity index (χ0) is 17.0. The summed E-state index contributed by atoms with van der Waals surface area (Å²) in [5.74, 6) is 1.58. The van der Waals surface area contributed by atoms with E-state index in [0.717, 1.165) is 50.2 Å². The number of nitrogens with one attached hydrogen (secondary N) is 2. The third-order valence-corrected chi connectivity index (χ3v) is 3.93. The lowest BCUT2D eigenvalue weighted by Gasteiger charge is -2.13. The average Bonchev–Trinajstić information content (AvgIpc) is 3.41. The van der Waals surface area contributed by atoms with Crippen LogP contribution in [0.2, 0.25) is 0 Å². The number of guanidine groups is 1. The Balaban J connectivity index is 0.00000312. The third kappa shape index (κ3) is 10.7. The molecular weight excluding hydrogens is 429 g/mol. The zero-order valence-corrected chi connectivity index (χ0v) is 17.4. The minimum absolute atomic E-state index is 0. The van der Waals surface area contributed by atoms with E-state index in [1.165, 1.54) is 12.8 Å². The summed E-state index contributed by atoms with van der Waals surface area (Å²) in [6, 6.07) is 10.0. The molecule has 1 atom stereocenters. The first kappa shape index (κ1) is 22.2. The van der Waals surface area contributed by atoms with Crippen molar-refractivity contribution in [3.05, 3.63) is 35.9 Å². The van der Waals surface area contributed by atoms with Gasteiger partial charge in [-0.3, -0.25) is 4.99 Å². The lowest BCUT2D eigenvalue weighted by Crippen LogP contribution is -2.38. The number of halogens is 1. The van der Waals surface area contributed by atoms with Crippen LogP contribution in [0.15, 0.2) is 35.3 Å². The van der Waals surface area contributed by atoms with E-state index in [-0.39, 0.29) is 24.0 Å². The van der Waals surface area contributed by atoms with E-state index in [2.05, 4.69) is 15.6 Å². The number of ether oxygens (including phenoxy) is 1. The smallest absolute Gasteiger partial charge is 0.191 e. The fourth-order valence-corrected chi connectivity index (χ4v) is 2.40. The maximum absolute atomic E-state index is 10.1. The fourth-order valence-electron chi connectivity index (χ4n) is 2.40. The molecule has 0 radical (unpaired) electrons. The Labute approximate surface area is 168 Å². The molecule has 2 rings (SSSR count). The highest BCUT2D eigenvalue weighted by atomic mass is 127. The highest BCUT2D eigenvalue weighted by Crippen LogP contribution is 2.28. The molecule has 25 heavy (non-hydrogen) atoms. The number of nitrogens with zero attached hydrogens (tertiary/aromatic N) is 1. The van der Waals surface area contributed by atoms with E-state index in [4.69, 9.17) is 4.74 Å². The molecule has 1 aliphatic carbocycles. The molecule has 1 unspecified atom stereocenters. The predicted molar refractivity (Wildman–Crippen MR) is 114 cm³/mol. The molecule has 0 aliphatic heterocycles. The van der Waals surface area contributed by atoms with Crippen molar-refractivity contribution >= 4 is 29.9 Å². The molecule has 0 bridgehead atoms. The molecule has 142 valence electrons. The first-order valence-electron chi connectivity index (χ1n) is 9.10. The van der Waals surface area contributed by atoms with Crippen molar-refractivity contribution in [3.8, 4) is 0 Å². The van der Waals surface area contributed by atoms with E-state index in [1.54, 1.807) is 0 Å². The monoisotopic (exact) mass is 461 g/mol. The van der Waals surface area contributed by atoms with Crippen LogP contribution < -0.4 is 10.6 Å². The number of rotatable bonds is 11. The van der Waals surface area contributed by atoms with Crippen molar-refractivity contribution in [3.63, 3.8) is 0 Å². The van der Waals surface area contributed by atoms with Crippen LogP contribution in [0.5, 0.6) is 0 Å². The minimum Gasteiger partial charge on any atom is -0.391 e. The SMILES string of the molecule is CCNC(=NCC(O)Cc1ccccc1)NCCCOCC1CC1.I. The molecule has 5 nitrogen and oxygen atoms in total. The van der Waals surface area contributed by atoms with Crippen LogP contribution in [-0.4, -0.2) is 50.0 Å². The number of aliphatic hydroxyl groups is 1. The molecule has 0 saturated heterocycles. The molecule has 1 aliphatic rings. The third-order valence-electron chi connectivity index (χ3n) is 3.93. The number of hydrogen-bond acceptors (Lipinski definition) is 3. The van der Waals surface area contributed by atoms with Crippen molar-refractivity contribution in [1.82, 2.24) is 10.6 Å². The highest BCUT2D eigenvalue weighted by Gasteiger charge is 2.20. The Morgan fingerprint density at radius 2 is 2.04 bits per heavy atom. The highest BCUT2D eigenvalue weighted by molar-refractivity contribution is 14.0. The van der Waals surface area contributed by atoms with Gasteiger partial charge in [-0.15, -0.1) is 24.0 Å². The summed E-state index contributed by atoms with van der Waals surface area (Å²) in [4.78, 5) is 4.47. The van der Waals surface area contributed by atoms with Crippen LogP contribution in [0.25, 0.3) is 0 Å². The largest absolute Gasteiger partial charge is 0.391 e. The van der Waals surface area contributed by atoms with Gasteiger partial charge in [-0.05, 0) is 37.7 Å². The summed E-state index contributed by atoms with van der Waals surface area (Å²) >= 11 is 0. The zero-order valence-electron chi connectivity index (χ0n) is 15.1. The number of benzene rings is 1. The van der Waals surface area contributed by atoms with Crippen LogP contribution in [0.1, 0.15) is 31.7 Å². The maximum Gasteiger partial charge on any atom is 0.191 e. The van der Waals surface area contributed by atoms with Gasteiger partial charge in [0.05, 0.1) is 12.6 Å². The molecule has 1 aromatic carbocycles. The Morgan fingerprint density at radius 1 is 1.28 bits per heavy atom. The van der Waals surface area contributed by atoms with Crippen LogP contribution in [0.3, 0.4) is 0 Å². The van der Waals surface area contributed by atoms with Crippen molar-refractivity contribution < 1.29 is 9.84 Å². The van der Waals surface area contributed by atoms with Gasteiger partial charge < -0.3 is 20.5 Å². The Hall–Kier alpha value is -0.860. The van der Waals surface area contributed by atoms with Gasteiger partial charge in [0.1, 0.15) is 0 Å². The summed E-state index contributed by atoms with van der Waals surface area (Å²) in [5, 5.41) is 16.6. The van der Waals surface area contributed by atoms with Crippen LogP contribution in [0, 0.1) is 5.92 Å². The van der Waals surface area contributed by atoms with E-state index in [9.17, 15) is 5.11 Å². The van der Waals surface area contributed by atoms with Gasteiger partial charge in [-0.2, -0.15) is 0 Å². The molecule has 0 amide bonds. The Morgan fingerprint density at radius 3 is 2.72 bits per heavy atom. The van der Waals surface area contributed by atoms with Gasteiger partial charge in [0.15, 0.2) is 5.96 Å². The van der Waals surface area contributed by atoms with E-state index >= 15 is 0 Å². The standard InChI is InChI=1S/C19H31N3O2.HI/c1-2-20-19(21-11-6-12-24-15-17-9-10-17)22-14-18(23)13-16-7-4-3-5-8-16;/h3-5,7-8,17-18,23H,2,6,9-15H2,1H3,(H2,20,21,22);1H.